The maximum absolute atomic E-state index is 13.5. The standard InChI is InChI=1S/C27H29N3O/c1-5-18-9-11-19(12-10-18)24-21(16-28)26(29)30(20-8-6-7-17(2)13-20)22-14-27(3,4)15-23(31)25(22)24/h6-13,24H,5,14-15,29H2,1-4H3/t24-/m0/s1. The molecule has 0 amide bonds. The molecule has 2 N–H and O–H groups in total. The van der Waals surface area contributed by atoms with E-state index in [1.54, 1.807) is 0 Å². The van der Waals surface area contributed by atoms with Gasteiger partial charge >= 0.3 is 0 Å². The summed E-state index contributed by atoms with van der Waals surface area (Å²) in [4.78, 5) is 15.4. The Morgan fingerprint density at radius 2 is 1.87 bits per heavy atom. The lowest BCUT2D eigenvalue weighted by Crippen LogP contribution is -2.42. The molecule has 0 saturated carbocycles. The van der Waals surface area contributed by atoms with E-state index in [4.69, 9.17) is 5.73 Å². The fraction of sp³-hybridized carbons (Fsp3) is 0.333. The average Bonchev–Trinajstić information content (AvgIpc) is 2.72. The van der Waals surface area contributed by atoms with Crippen molar-refractivity contribution in [2.24, 2.45) is 11.1 Å². The molecule has 2 aliphatic rings. The number of allylic oxidation sites excluding steroid dienone is 3. The number of nitrogens with two attached hydrogens (primary N) is 1. The molecule has 0 saturated heterocycles. The largest absolute Gasteiger partial charge is 0.384 e. The van der Waals surface area contributed by atoms with Gasteiger partial charge in [0.15, 0.2) is 5.78 Å². The second-order valence-corrected chi connectivity index (χ2v) is 9.41. The number of rotatable bonds is 3. The van der Waals surface area contributed by atoms with Crippen LogP contribution in [-0.2, 0) is 11.2 Å². The van der Waals surface area contributed by atoms with Gasteiger partial charge in [0.25, 0.3) is 0 Å². The van der Waals surface area contributed by atoms with Crippen LogP contribution in [0.3, 0.4) is 0 Å². The summed E-state index contributed by atoms with van der Waals surface area (Å²) in [7, 11) is 0. The predicted molar refractivity (Wildman–Crippen MR) is 124 cm³/mol. The van der Waals surface area contributed by atoms with E-state index in [0.717, 1.165) is 40.9 Å². The Hall–Kier alpha value is -3.32. The van der Waals surface area contributed by atoms with Crippen molar-refractivity contribution in [2.45, 2.75) is 52.9 Å². The first-order valence-corrected chi connectivity index (χ1v) is 10.9. The molecule has 0 aromatic heterocycles. The van der Waals surface area contributed by atoms with Gasteiger partial charge in [-0.05, 0) is 54.0 Å². The third-order valence-electron chi connectivity index (χ3n) is 6.36. The second-order valence-electron chi connectivity index (χ2n) is 9.41. The zero-order valence-corrected chi connectivity index (χ0v) is 18.7. The Kier molecular flexibility index (Phi) is 5.23. The van der Waals surface area contributed by atoms with E-state index in [1.165, 1.54) is 5.56 Å². The quantitative estimate of drug-likeness (QED) is 0.724. The van der Waals surface area contributed by atoms with Gasteiger partial charge in [-0.3, -0.25) is 9.69 Å². The highest BCUT2D eigenvalue weighted by Crippen LogP contribution is 2.50. The van der Waals surface area contributed by atoms with E-state index in [-0.39, 0.29) is 11.2 Å². The van der Waals surface area contributed by atoms with Crippen LogP contribution in [0, 0.1) is 23.7 Å². The highest BCUT2D eigenvalue weighted by molar-refractivity contribution is 6.01. The van der Waals surface area contributed by atoms with Crippen LogP contribution in [0.15, 0.2) is 71.2 Å². The number of aryl methyl sites for hydroxylation is 2. The number of benzene rings is 2. The van der Waals surface area contributed by atoms with Gasteiger partial charge in [0.05, 0.1) is 17.6 Å². The maximum atomic E-state index is 13.5. The van der Waals surface area contributed by atoms with Crippen molar-refractivity contribution < 1.29 is 4.79 Å². The molecule has 0 radical (unpaired) electrons. The van der Waals surface area contributed by atoms with Gasteiger partial charge in [0.2, 0.25) is 0 Å². The number of nitriles is 1. The summed E-state index contributed by atoms with van der Waals surface area (Å²) in [5, 5.41) is 10.1. The zero-order chi connectivity index (χ0) is 22.3. The van der Waals surface area contributed by atoms with Crippen molar-refractivity contribution >= 4 is 11.5 Å². The van der Waals surface area contributed by atoms with Crippen LogP contribution in [0.1, 0.15) is 56.2 Å². The summed E-state index contributed by atoms with van der Waals surface area (Å²) in [5.41, 5.74) is 12.8. The number of nitrogens with zero attached hydrogens (tertiary/aromatic N) is 2. The van der Waals surface area contributed by atoms with Crippen LogP contribution >= 0.6 is 0 Å². The summed E-state index contributed by atoms with van der Waals surface area (Å²) >= 11 is 0. The molecule has 0 bridgehead atoms. The average molecular weight is 412 g/mol. The molecule has 1 heterocycles. The van der Waals surface area contributed by atoms with Gasteiger partial charge in [-0.25, -0.2) is 0 Å². The second kappa shape index (κ2) is 7.74. The minimum absolute atomic E-state index is 0.105. The summed E-state index contributed by atoms with van der Waals surface area (Å²) in [5.74, 6) is 0.103. The summed E-state index contributed by atoms with van der Waals surface area (Å²) in [6.07, 6.45) is 2.14. The minimum Gasteiger partial charge on any atom is -0.384 e. The molecule has 0 spiro atoms. The van der Waals surface area contributed by atoms with E-state index >= 15 is 0 Å². The molecule has 1 atom stereocenters. The lowest BCUT2D eigenvalue weighted by atomic mass is 9.68. The van der Waals surface area contributed by atoms with Crippen molar-refractivity contribution in [2.75, 3.05) is 4.90 Å². The van der Waals surface area contributed by atoms with E-state index in [9.17, 15) is 10.1 Å². The molecular weight excluding hydrogens is 382 g/mol. The van der Waals surface area contributed by atoms with Crippen molar-refractivity contribution in [3.8, 4) is 6.07 Å². The fourth-order valence-corrected chi connectivity index (χ4v) is 4.85. The van der Waals surface area contributed by atoms with E-state index in [1.807, 2.05) is 42.2 Å². The molecule has 2 aromatic carbocycles. The lowest BCUT2D eigenvalue weighted by molar-refractivity contribution is -0.118. The van der Waals surface area contributed by atoms with E-state index in [0.29, 0.717) is 17.8 Å². The van der Waals surface area contributed by atoms with E-state index < -0.39 is 5.92 Å². The molecule has 2 aromatic rings. The summed E-state index contributed by atoms with van der Waals surface area (Å²) in [6.45, 7) is 8.38. The van der Waals surface area contributed by atoms with Crippen molar-refractivity contribution in [1.29, 1.82) is 5.26 Å². The Morgan fingerprint density at radius 3 is 2.48 bits per heavy atom. The summed E-state index contributed by atoms with van der Waals surface area (Å²) < 4.78 is 0. The van der Waals surface area contributed by atoms with Crippen LogP contribution in [-0.4, -0.2) is 5.78 Å². The fourth-order valence-electron chi connectivity index (χ4n) is 4.85. The number of ketones is 1. The number of carbonyl (C=O) groups is 1. The van der Waals surface area contributed by atoms with Crippen LogP contribution in [0.2, 0.25) is 0 Å². The Labute approximate surface area is 184 Å². The van der Waals surface area contributed by atoms with Gasteiger partial charge < -0.3 is 5.73 Å². The van der Waals surface area contributed by atoms with Crippen molar-refractivity contribution in [1.82, 2.24) is 0 Å². The Balaban J connectivity index is 1.97. The van der Waals surface area contributed by atoms with Gasteiger partial charge in [0.1, 0.15) is 5.82 Å². The van der Waals surface area contributed by atoms with Crippen LogP contribution in [0.25, 0.3) is 0 Å². The molecule has 4 nitrogen and oxygen atoms in total. The van der Waals surface area contributed by atoms with Crippen LogP contribution < -0.4 is 10.6 Å². The smallest absolute Gasteiger partial charge is 0.162 e. The van der Waals surface area contributed by atoms with E-state index in [2.05, 4.69) is 45.0 Å². The van der Waals surface area contributed by atoms with Crippen LogP contribution in [0.4, 0.5) is 5.69 Å². The highest BCUT2D eigenvalue weighted by Gasteiger charge is 2.44. The van der Waals surface area contributed by atoms with Crippen molar-refractivity contribution in [3.63, 3.8) is 0 Å². The SMILES string of the molecule is CCc1ccc([C@H]2C(C#N)=C(N)N(c3cccc(C)c3)C3=C2C(=O)CC(C)(C)C3)cc1. The Morgan fingerprint density at radius 1 is 1.16 bits per heavy atom. The van der Waals surface area contributed by atoms with Gasteiger partial charge in [-0.1, -0.05) is 57.2 Å². The third kappa shape index (κ3) is 3.65. The number of Topliss-reactive ketones (excluding diaryl/α,β-unsaturated/α-hetero) is 1. The Bertz CT molecular complexity index is 1150. The van der Waals surface area contributed by atoms with Crippen LogP contribution in [0.5, 0.6) is 0 Å². The first kappa shape index (κ1) is 20.9. The minimum atomic E-state index is -0.421. The van der Waals surface area contributed by atoms with Crippen molar-refractivity contribution in [3.05, 3.63) is 87.9 Å². The normalized spacial score (nSPS) is 20.5. The topological polar surface area (TPSA) is 70.1 Å². The summed E-state index contributed by atoms with van der Waals surface area (Å²) in [6, 6.07) is 18.6. The molecule has 0 fully saturated rings. The zero-order valence-electron chi connectivity index (χ0n) is 18.7. The first-order chi connectivity index (χ1) is 14.8. The molecule has 4 heteroatoms. The van der Waals surface area contributed by atoms with Gasteiger partial charge in [0, 0.05) is 23.4 Å². The van der Waals surface area contributed by atoms with Gasteiger partial charge in [-0.2, -0.15) is 5.26 Å². The highest BCUT2D eigenvalue weighted by atomic mass is 16.1. The lowest BCUT2D eigenvalue weighted by Gasteiger charge is -2.43. The molecule has 1 aliphatic heterocycles. The number of hydrogen-bond donors (Lipinski definition) is 1. The third-order valence-corrected chi connectivity index (χ3v) is 6.36. The molecule has 158 valence electrons. The van der Waals surface area contributed by atoms with Gasteiger partial charge in [-0.15, -0.1) is 0 Å². The molecule has 31 heavy (non-hydrogen) atoms. The molecule has 0 unspecified atom stereocenters. The molecular formula is C27H29N3O. The number of carbonyl (C=O) groups excluding carboxylic acids is 1. The monoisotopic (exact) mass is 411 g/mol. The molecule has 4 rings (SSSR count). The predicted octanol–water partition coefficient (Wildman–Crippen LogP) is 5.50. The molecule has 1 aliphatic carbocycles. The number of hydrogen-bond acceptors (Lipinski definition) is 4. The maximum Gasteiger partial charge on any atom is 0.162 e. The number of anilines is 1. The first-order valence-electron chi connectivity index (χ1n) is 10.9.